The van der Waals surface area contributed by atoms with E-state index in [1.807, 2.05) is 6.92 Å². The van der Waals surface area contributed by atoms with Crippen LogP contribution in [-0.4, -0.2) is 41.6 Å². The van der Waals surface area contributed by atoms with Gasteiger partial charge < -0.3 is 14.7 Å². The molecule has 0 aliphatic carbocycles. The fraction of sp³-hybridized carbons (Fsp3) is 0.304. The van der Waals surface area contributed by atoms with Crippen molar-refractivity contribution in [3.05, 3.63) is 59.2 Å². The van der Waals surface area contributed by atoms with E-state index < -0.39 is 21.8 Å². The zero-order valence-electron chi connectivity index (χ0n) is 18.7. The number of hydrogen-bond acceptors (Lipinski definition) is 6. The molecule has 8 nitrogen and oxygen atoms in total. The summed E-state index contributed by atoms with van der Waals surface area (Å²) in [7, 11) is -1.72. The van der Waals surface area contributed by atoms with Gasteiger partial charge in [0.2, 0.25) is 0 Å². The van der Waals surface area contributed by atoms with Crippen LogP contribution in [-0.2, 0) is 34.8 Å². The Balaban J connectivity index is 1.85. The molecule has 4 rings (SSSR count). The van der Waals surface area contributed by atoms with Gasteiger partial charge in [-0.05, 0) is 49.2 Å². The molecule has 10 heteroatoms. The standard InChI is InChI=1S/C23H24FN3O5S/c1-13-18(20(12-28)25-26(13)3)11-27-21-10-16(9-19(24)22(21)32-14(2)23(27)29)15-6-5-7-17(8-15)33(4,30)31/h5-10,14,28H,11-12H2,1-4H3/t14-/m1/s1. The Morgan fingerprint density at radius 3 is 2.61 bits per heavy atom. The maximum atomic E-state index is 15.2. The van der Waals surface area contributed by atoms with Crippen molar-refractivity contribution in [2.45, 2.75) is 38.0 Å². The van der Waals surface area contributed by atoms with Crippen molar-refractivity contribution in [2.75, 3.05) is 11.2 Å². The summed E-state index contributed by atoms with van der Waals surface area (Å²) >= 11 is 0. The van der Waals surface area contributed by atoms with Gasteiger partial charge in [-0.3, -0.25) is 9.48 Å². The summed E-state index contributed by atoms with van der Waals surface area (Å²) in [5.41, 5.74) is 2.98. The lowest BCUT2D eigenvalue weighted by Gasteiger charge is -2.33. The number of ether oxygens (including phenoxy) is 1. The zero-order valence-corrected chi connectivity index (χ0v) is 19.5. The quantitative estimate of drug-likeness (QED) is 0.612. The Morgan fingerprint density at radius 2 is 1.94 bits per heavy atom. The number of nitrogens with zero attached hydrogens (tertiary/aromatic N) is 3. The fourth-order valence-electron chi connectivity index (χ4n) is 3.91. The van der Waals surface area contributed by atoms with Crippen molar-refractivity contribution in [1.82, 2.24) is 9.78 Å². The summed E-state index contributed by atoms with van der Waals surface area (Å²) in [6.07, 6.45) is 0.199. The predicted octanol–water partition coefficient (Wildman–Crippen LogP) is 2.74. The largest absolute Gasteiger partial charge is 0.476 e. The van der Waals surface area contributed by atoms with Gasteiger partial charge in [0, 0.05) is 24.6 Å². The van der Waals surface area contributed by atoms with Crippen molar-refractivity contribution in [2.24, 2.45) is 7.05 Å². The average Bonchev–Trinajstić information content (AvgIpc) is 3.04. The highest BCUT2D eigenvalue weighted by Gasteiger charge is 2.35. The van der Waals surface area contributed by atoms with Gasteiger partial charge in [-0.15, -0.1) is 0 Å². The molecule has 0 unspecified atom stereocenters. The van der Waals surface area contributed by atoms with E-state index in [1.54, 1.807) is 36.9 Å². The van der Waals surface area contributed by atoms with Crippen LogP contribution in [0.25, 0.3) is 11.1 Å². The van der Waals surface area contributed by atoms with E-state index >= 15 is 4.39 Å². The van der Waals surface area contributed by atoms with Crippen LogP contribution in [0.15, 0.2) is 41.3 Å². The van der Waals surface area contributed by atoms with E-state index in [2.05, 4.69) is 5.10 Å². The van der Waals surface area contributed by atoms with Crippen LogP contribution in [0.1, 0.15) is 23.9 Å². The molecular formula is C23H24FN3O5S. The molecule has 0 bridgehead atoms. The zero-order chi connectivity index (χ0) is 24.1. The Labute approximate surface area is 191 Å². The minimum Gasteiger partial charge on any atom is -0.476 e. The average molecular weight is 474 g/mol. The molecular weight excluding hydrogens is 449 g/mol. The number of anilines is 1. The molecule has 1 aromatic heterocycles. The lowest BCUT2D eigenvalue weighted by molar-refractivity contribution is -0.125. The van der Waals surface area contributed by atoms with E-state index in [0.717, 1.165) is 11.9 Å². The molecule has 174 valence electrons. The molecule has 1 N–H and O–H groups in total. The van der Waals surface area contributed by atoms with Crippen LogP contribution in [0.2, 0.25) is 0 Å². The van der Waals surface area contributed by atoms with Crippen LogP contribution in [0.5, 0.6) is 5.75 Å². The van der Waals surface area contributed by atoms with Crippen LogP contribution in [0, 0.1) is 12.7 Å². The molecule has 1 aliphatic rings. The smallest absolute Gasteiger partial charge is 0.268 e. The topological polar surface area (TPSA) is 102 Å². The predicted molar refractivity (Wildman–Crippen MR) is 120 cm³/mol. The van der Waals surface area contributed by atoms with E-state index in [1.165, 1.54) is 23.1 Å². The number of aromatic nitrogens is 2. The maximum Gasteiger partial charge on any atom is 0.268 e. The molecule has 1 aliphatic heterocycles. The highest BCUT2D eigenvalue weighted by molar-refractivity contribution is 7.90. The molecule has 2 aromatic carbocycles. The summed E-state index contributed by atoms with van der Waals surface area (Å²) < 4.78 is 46.3. The lowest BCUT2D eigenvalue weighted by atomic mass is 10.0. The number of carbonyl (C=O) groups is 1. The van der Waals surface area contributed by atoms with Crippen molar-refractivity contribution in [3.63, 3.8) is 0 Å². The second-order valence-electron chi connectivity index (χ2n) is 8.08. The summed E-state index contributed by atoms with van der Waals surface area (Å²) in [4.78, 5) is 14.6. The third kappa shape index (κ3) is 4.11. The molecule has 1 atom stereocenters. The van der Waals surface area contributed by atoms with Crippen LogP contribution >= 0.6 is 0 Å². The second kappa shape index (κ2) is 8.27. The lowest BCUT2D eigenvalue weighted by Crippen LogP contribution is -2.44. The number of aryl methyl sites for hydroxylation is 1. The SMILES string of the molecule is Cc1c(CN2C(=O)[C@@H](C)Oc3c(F)cc(-c4cccc(S(C)(=O)=O)c4)cc32)c(CO)nn1C. The molecule has 0 saturated heterocycles. The number of halogens is 1. The van der Waals surface area contributed by atoms with E-state index in [-0.39, 0.29) is 35.4 Å². The highest BCUT2D eigenvalue weighted by atomic mass is 32.2. The van der Waals surface area contributed by atoms with Gasteiger partial charge in [0.05, 0.1) is 29.4 Å². The third-order valence-corrected chi connectivity index (χ3v) is 6.94. The van der Waals surface area contributed by atoms with Gasteiger partial charge in [-0.25, -0.2) is 12.8 Å². The minimum atomic E-state index is -3.45. The van der Waals surface area contributed by atoms with Gasteiger partial charge >= 0.3 is 0 Å². The van der Waals surface area contributed by atoms with Crippen LogP contribution in [0.4, 0.5) is 10.1 Å². The first-order valence-corrected chi connectivity index (χ1v) is 12.1. The number of aliphatic hydroxyl groups excluding tert-OH is 1. The number of amides is 1. The van der Waals surface area contributed by atoms with Gasteiger partial charge in [0.1, 0.15) is 0 Å². The second-order valence-corrected chi connectivity index (χ2v) is 10.1. The monoisotopic (exact) mass is 473 g/mol. The Bertz CT molecular complexity index is 1370. The van der Waals surface area contributed by atoms with Crippen LogP contribution < -0.4 is 9.64 Å². The number of rotatable bonds is 5. The molecule has 0 fully saturated rings. The number of fused-ring (bicyclic) bond motifs is 1. The highest BCUT2D eigenvalue weighted by Crippen LogP contribution is 2.41. The Morgan fingerprint density at radius 1 is 1.21 bits per heavy atom. The van der Waals surface area contributed by atoms with Crippen LogP contribution in [0.3, 0.4) is 0 Å². The minimum absolute atomic E-state index is 0.0581. The number of carbonyl (C=O) groups excluding carboxylic acids is 1. The van der Waals surface area contributed by atoms with Crippen molar-refractivity contribution < 1.29 is 27.4 Å². The summed E-state index contributed by atoms with van der Waals surface area (Å²) in [5.74, 6) is -1.09. The van der Waals surface area contributed by atoms with Gasteiger partial charge in [-0.2, -0.15) is 5.10 Å². The van der Waals surface area contributed by atoms with Crippen molar-refractivity contribution in [3.8, 4) is 16.9 Å². The molecule has 0 radical (unpaired) electrons. The summed E-state index contributed by atoms with van der Waals surface area (Å²) in [6, 6.07) is 9.05. The van der Waals surface area contributed by atoms with E-state index in [0.29, 0.717) is 22.4 Å². The van der Waals surface area contributed by atoms with E-state index in [9.17, 15) is 18.3 Å². The molecule has 0 spiro atoms. The third-order valence-electron chi connectivity index (χ3n) is 5.83. The first-order valence-electron chi connectivity index (χ1n) is 10.3. The van der Waals surface area contributed by atoms with E-state index in [4.69, 9.17) is 4.74 Å². The molecule has 33 heavy (non-hydrogen) atoms. The molecule has 0 saturated carbocycles. The summed E-state index contributed by atoms with van der Waals surface area (Å²) in [6.45, 7) is 3.14. The number of aliphatic hydroxyl groups is 1. The molecule has 1 amide bonds. The Kier molecular flexibility index (Phi) is 5.75. The van der Waals surface area contributed by atoms with Crippen molar-refractivity contribution in [1.29, 1.82) is 0 Å². The number of hydrogen-bond donors (Lipinski definition) is 1. The maximum absolute atomic E-state index is 15.2. The number of sulfone groups is 1. The summed E-state index contributed by atoms with van der Waals surface area (Å²) in [5, 5.41) is 14.0. The van der Waals surface area contributed by atoms with Gasteiger partial charge in [0.25, 0.3) is 5.91 Å². The normalized spacial score (nSPS) is 16.0. The number of benzene rings is 2. The van der Waals surface area contributed by atoms with Gasteiger partial charge in [-0.1, -0.05) is 12.1 Å². The first-order chi connectivity index (χ1) is 15.5. The molecule has 3 aromatic rings. The van der Waals surface area contributed by atoms with Crippen molar-refractivity contribution >= 4 is 21.4 Å². The first kappa shape index (κ1) is 22.9. The fourth-order valence-corrected chi connectivity index (χ4v) is 4.58. The van der Waals surface area contributed by atoms with Gasteiger partial charge in [0.15, 0.2) is 27.5 Å². The molecule has 2 heterocycles. The Hall–Kier alpha value is -3.24.